The van der Waals surface area contributed by atoms with Gasteiger partial charge in [0.2, 0.25) is 0 Å². The van der Waals surface area contributed by atoms with Gasteiger partial charge in [-0.3, -0.25) is 0 Å². The van der Waals surface area contributed by atoms with Crippen molar-refractivity contribution in [2.24, 2.45) is 0 Å². The molecule has 1 aliphatic rings. The van der Waals surface area contributed by atoms with E-state index in [2.05, 4.69) is 86.2 Å². The minimum Gasteiger partial charge on any atom is -0.380 e. The second-order valence-corrected chi connectivity index (χ2v) is 6.46. The SMILES string of the molecule is CSC1=CNC(c2c(C)cccc2C)C=C1c1ccccc1. The number of aryl methyl sites for hydroxylation is 2. The number of nitrogens with one attached hydrogen (secondary N) is 1. The summed E-state index contributed by atoms with van der Waals surface area (Å²) < 4.78 is 0. The molecule has 0 aromatic heterocycles. The zero-order valence-electron chi connectivity index (χ0n) is 13.3. The van der Waals surface area contributed by atoms with Gasteiger partial charge < -0.3 is 5.32 Å². The van der Waals surface area contributed by atoms with Crippen molar-refractivity contribution in [2.75, 3.05) is 6.26 Å². The van der Waals surface area contributed by atoms with Crippen LogP contribution in [0.4, 0.5) is 0 Å². The normalized spacial score (nSPS) is 17.5. The predicted octanol–water partition coefficient (Wildman–Crippen LogP) is 5.24. The molecular weight excluding hydrogens is 286 g/mol. The molecule has 0 saturated carbocycles. The van der Waals surface area contributed by atoms with Crippen molar-refractivity contribution in [1.82, 2.24) is 5.32 Å². The van der Waals surface area contributed by atoms with Gasteiger partial charge in [-0.1, -0.05) is 48.5 Å². The smallest absolute Gasteiger partial charge is 0.0707 e. The van der Waals surface area contributed by atoms with Crippen molar-refractivity contribution in [3.8, 4) is 0 Å². The van der Waals surface area contributed by atoms with E-state index in [1.165, 1.54) is 32.7 Å². The van der Waals surface area contributed by atoms with E-state index >= 15 is 0 Å². The van der Waals surface area contributed by atoms with Gasteiger partial charge in [-0.05, 0) is 54.0 Å². The highest BCUT2D eigenvalue weighted by molar-refractivity contribution is 8.03. The Morgan fingerprint density at radius 1 is 0.909 bits per heavy atom. The lowest BCUT2D eigenvalue weighted by Crippen LogP contribution is -2.20. The van der Waals surface area contributed by atoms with E-state index in [1.54, 1.807) is 11.8 Å². The van der Waals surface area contributed by atoms with E-state index < -0.39 is 0 Å². The van der Waals surface area contributed by atoms with Crippen LogP contribution in [-0.4, -0.2) is 6.26 Å². The number of hydrogen-bond acceptors (Lipinski definition) is 2. The van der Waals surface area contributed by atoms with Gasteiger partial charge in [0.25, 0.3) is 0 Å². The molecule has 2 aromatic carbocycles. The maximum Gasteiger partial charge on any atom is 0.0707 e. The van der Waals surface area contributed by atoms with Gasteiger partial charge in [-0.2, -0.15) is 0 Å². The Kier molecular flexibility index (Phi) is 4.39. The summed E-state index contributed by atoms with van der Waals surface area (Å²) >= 11 is 1.78. The number of dihydropyridines is 1. The Morgan fingerprint density at radius 2 is 1.59 bits per heavy atom. The third kappa shape index (κ3) is 2.84. The van der Waals surface area contributed by atoms with Gasteiger partial charge in [0.1, 0.15) is 0 Å². The monoisotopic (exact) mass is 307 g/mol. The zero-order valence-corrected chi connectivity index (χ0v) is 14.1. The van der Waals surface area contributed by atoms with Crippen LogP contribution in [0.1, 0.15) is 28.3 Å². The highest BCUT2D eigenvalue weighted by Gasteiger charge is 2.19. The lowest BCUT2D eigenvalue weighted by atomic mass is 9.91. The lowest BCUT2D eigenvalue weighted by Gasteiger charge is -2.26. The van der Waals surface area contributed by atoms with Crippen LogP contribution < -0.4 is 5.32 Å². The maximum absolute atomic E-state index is 3.56. The molecule has 112 valence electrons. The topological polar surface area (TPSA) is 12.0 Å². The Balaban J connectivity index is 2.06. The third-order valence-corrected chi connectivity index (χ3v) is 4.93. The van der Waals surface area contributed by atoms with Crippen molar-refractivity contribution in [1.29, 1.82) is 0 Å². The molecule has 2 heteroatoms. The summed E-state index contributed by atoms with van der Waals surface area (Å²) in [5.74, 6) is 0. The second kappa shape index (κ2) is 6.45. The summed E-state index contributed by atoms with van der Waals surface area (Å²) in [6, 6.07) is 17.4. The number of allylic oxidation sites excluding steroid dienone is 1. The molecule has 1 unspecified atom stereocenters. The predicted molar refractivity (Wildman–Crippen MR) is 97.8 cm³/mol. The minimum absolute atomic E-state index is 0.229. The molecule has 1 N–H and O–H groups in total. The van der Waals surface area contributed by atoms with E-state index in [-0.39, 0.29) is 6.04 Å². The van der Waals surface area contributed by atoms with Gasteiger partial charge in [0.05, 0.1) is 6.04 Å². The van der Waals surface area contributed by atoms with Gasteiger partial charge in [-0.15, -0.1) is 11.8 Å². The van der Waals surface area contributed by atoms with Crippen LogP contribution in [0.3, 0.4) is 0 Å². The van der Waals surface area contributed by atoms with Crippen LogP contribution in [0.5, 0.6) is 0 Å². The number of benzene rings is 2. The van der Waals surface area contributed by atoms with Crippen LogP contribution in [0.2, 0.25) is 0 Å². The fourth-order valence-electron chi connectivity index (χ4n) is 3.05. The zero-order chi connectivity index (χ0) is 15.5. The first-order valence-corrected chi connectivity index (χ1v) is 8.77. The molecule has 3 rings (SSSR count). The van der Waals surface area contributed by atoms with E-state index in [0.29, 0.717) is 0 Å². The Hall–Kier alpha value is -1.93. The van der Waals surface area contributed by atoms with Gasteiger partial charge in [0.15, 0.2) is 0 Å². The Bertz CT molecular complexity index is 708. The molecule has 1 heterocycles. The van der Waals surface area contributed by atoms with E-state index in [9.17, 15) is 0 Å². The molecule has 1 atom stereocenters. The van der Waals surface area contributed by atoms with E-state index in [4.69, 9.17) is 0 Å². The number of thioether (sulfide) groups is 1. The first kappa shape index (κ1) is 15.0. The molecule has 0 radical (unpaired) electrons. The molecule has 1 aliphatic heterocycles. The van der Waals surface area contributed by atoms with Crippen LogP contribution in [0.15, 0.2) is 65.7 Å². The van der Waals surface area contributed by atoms with Crippen LogP contribution >= 0.6 is 11.8 Å². The fourth-order valence-corrected chi connectivity index (χ4v) is 3.64. The first-order valence-electron chi connectivity index (χ1n) is 7.54. The lowest BCUT2D eigenvalue weighted by molar-refractivity contribution is 0.737. The molecular formula is C20H21NS. The van der Waals surface area contributed by atoms with Crippen LogP contribution in [0, 0.1) is 13.8 Å². The standard InChI is InChI=1S/C20H21NS/c1-14-8-7-9-15(2)20(14)18-12-17(19(22-3)13-21-18)16-10-5-4-6-11-16/h4-13,18,21H,1-3H3. The van der Waals surface area contributed by atoms with E-state index in [1.807, 2.05) is 0 Å². The van der Waals surface area contributed by atoms with E-state index in [0.717, 1.165) is 0 Å². The molecule has 0 spiro atoms. The van der Waals surface area contributed by atoms with Gasteiger partial charge in [0, 0.05) is 11.1 Å². The number of hydrogen-bond donors (Lipinski definition) is 1. The van der Waals surface area contributed by atoms with Crippen molar-refractivity contribution in [3.63, 3.8) is 0 Å². The summed E-state index contributed by atoms with van der Waals surface area (Å²) in [6.07, 6.45) is 6.64. The minimum atomic E-state index is 0.229. The molecule has 0 saturated heterocycles. The highest BCUT2D eigenvalue weighted by atomic mass is 32.2. The summed E-state index contributed by atoms with van der Waals surface area (Å²) in [7, 11) is 0. The molecule has 0 amide bonds. The highest BCUT2D eigenvalue weighted by Crippen LogP contribution is 2.36. The molecule has 1 nitrogen and oxygen atoms in total. The van der Waals surface area contributed by atoms with Crippen LogP contribution in [0.25, 0.3) is 5.57 Å². The van der Waals surface area contributed by atoms with Crippen molar-refractivity contribution in [3.05, 3.63) is 88.0 Å². The quantitative estimate of drug-likeness (QED) is 0.832. The molecule has 0 bridgehead atoms. The van der Waals surface area contributed by atoms with Crippen LogP contribution in [-0.2, 0) is 0 Å². The maximum atomic E-state index is 3.56. The summed E-state index contributed by atoms with van der Waals surface area (Å²) in [6.45, 7) is 4.38. The summed E-state index contributed by atoms with van der Waals surface area (Å²) in [5, 5.41) is 3.56. The average molecular weight is 307 g/mol. The summed E-state index contributed by atoms with van der Waals surface area (Å²) in [4.78, 5) is 1.29. The first-order chi connectivity index (χ1) is 10.7. The van der Waals surface area contributed by atoms with Crippen molar-refractivity contribution >= 4 is 17.3 Å². The molecule has 2 aromatic rings. The third-order valence-electron chi connectivity index (χ3n) is 4.15. The van der Waals surface area contributed by atoms with Crippen molar-refractivity contribution in [2.45, 2.75) is 19.9 Å². The molecule has 0 aliphatic carbocycles. The summed E-state index contributed by atoms with van der Waals surface area (Å²) in [5.41, 5.74) is 6.65. The Labute approximate surface area is 137 Å². The van der Waals surface area contributed by atoms with Gasteiger partial charge in [-0.25, -0.2) is 0 Å². The largest absolute Gasteiger partial charge is 0.380 e. The Morgan fingerprint density at radius 3 is 2.23 bits per heavy atom. The molecule has 22 heavy (non-hydrogen) atoms. The molecule has 0 fully saturated rings. The average Bonchev–Trinajstić information content (AvgIpc) is 2.55. The fraction of sp³-hybridized carbons (Fsp3) is 0.200. The van der Waals surface area contributed by atoms with Gasteiger partial charge >= 0.3 is 0 Å². The van der Waals surface area contributed by atoms with Crippen molar-refractivity contribution < 1.29 is 0 Å². The number of rotatable bonds is 3. The second-order valence-electron chi connectivity index (χ2n) is 5.61.